The van der Waals surface area contributed by atoms with Crippen molar-refractivity contribution in [2.75, 3.05) is 0 Å². The van der Waals surface area contributed by atoms with Crippen LogP contribution in [0.15, 0.2) is 11.8 Å². The molecule has 2 aliphatic rings. The lowest BCUT2D eigenvalue weighted by Crippen LogP contribution is -2.29. The van der Waals surface area contributed by atoms with Gasteiger partial charge in [0.1, 0.15) is 6.29 Å². The summed E-state index contributed by atoms with van der Waals surface area (Å²) in [6.45, 7) is 0. The van der Waals surface area contributed by atoms with E-state index in [1.807, 2.05) is 0 Å². The minimum absolute atomic E-state index is 0.120. The molecule has 0 aromatic rings. The number of hydrogen-bond donors (Lipinski definition) is 2. The largest absolute Gasteiger partial charge is 0.369 e. The molecule has 0 saturated heterocycles. The molecule has 6 nitrogen and oxygen atoms in total. The number of nitrogens with one attached hydrogen (secondary N) is 1. The summed E-state index contributed by atoms with van der Waals surface area (Å²) in [6, 6.07) is 0. The lowest BCUT2D eigenvalue weighted by Gasteiger charge is -2.10. The van der Waals surface area contributed by atoms with E-state index in [0.29, 0.717) is 32.0 Å². The molecule has 2 rings (SSSR count). The van der Waals surface area contributed by atoms with E-state index in [-0.39, 0.29) is 10.8 Å². The third-order valence-electron chi connectivity index (χ3n) is 3.24. The standard InChI is InChI=1S/C10H14N2O4S/c11-9(14)10(3-4-10)7(6-13)5-12-17(15,16)8-1-2-8/h5-6,8,12H,1-4H2,(H2,11,14). The summed E-state index contributed by atoms with van der Waals surface area (Å²) in [5.41, 5.74) is 4.37. The molecule has 2 fully saturated rings. The van der Waals surface area contributed by atoms with Crippen molar-refractivity contribution in [3.05, 3.63) is 11.8 Å². The fourth-order valence-electron chi connectivity index (χ4n) is 1.71. The average molecular weight is 258 g/mol. The number of sulfonamides is 1. The monoisotopic (exact) mass is 258 g/mol. The molecule has 0 atom stereocenters. The van der Waals surface area contributed by atoms with Gasteiger partial charge in [0.25, 0.3) is 0 Å². The quantitative estimate of drug-likeness (QED) is 0.491. The molecular formula is C10H14N2O4S. The highest BCUT2D eigenvalue weighted by Crippen LogP contribution is 2.50. The summed E-state index contributed by atoms with van der Waals surface area (Å²) < 4.78 is 25.3. The summed E-state index contributed by atoms with van der Waals surface area (Å²) in [7, 11) is -3.39. The Balaban J connectivity index is 2.14. The first kappa shape index (κ1) is 12.1. The molecule has 2 aliphatic carbocycles. The maximum absolute atomic E-state index is 11.5. The van der Waals surface area contributed by atoms with E-state index in [1.54, 1.807) is 0 Å². The van der Waals surface area contributed by atoms with E-state index in [2.05, 4.69) is 4.72 Å². The highest BCUT2D eigenvalue weighted by molar-refractivity contribution is 7.90. The van der Waals surface area contributed by atoms with E-state index in [1.165, 1.54) is 0 Å². The first-order chi connectivity index (χ1) is 7.92. The smallest absolute Gasteiger partial charge is 0.235 e. The van der Waals surface area contributed by atoms with Crippen LogP contribution >= 0.6 is 0 Å². The van der Waals surface area contributed by atoms with Crippen molar-refractivity contribution in [3.8, 4) is 0 Å². The highest BCUT2D eigenvalue weighted by Gasteiger charge is 2.51. The molecular weight excluding hydrogens is 244 g/mol. The van der Waals surface area contributed by atoms with Crippen molar-refractivity contribution in [2.45, 2.75) is 30.9 Å². The number of primary amides is 1. The SMILES string of the molecule is NC(=O)C1(C(C=O)=CNS(=O)(=O)C2CC2)CC1. The van der Waals surface area contributed by atoms with Gasteiger partial charge in [0.15, 0.2) is 0 Å². The van der Waals surface area contributed by atoms with Crippen LogP contribution < -0.4 is 10.5 Å². The second kappa shape index (κ2) is 3.83. The van der Waals surface area contributed by atoms with Gasteiger partial charge >= 0.3 is 0 Å². The Kier molecular flexibility index (Phi) is 2.73. The fourth-order valence-corrected chi connectivity index (χ4v) is 2.95. The van der Waals surface area contributed by atoms with Crippen LogP contribution in [-0.2, 0) is 19.6 Å². The number of amides is 1. The van der Waals surface area contributed by atoms with Crippen molar-refractivity contribution < 1.29 is 18.0 Å². The average Bonchev–Trinajstić information content (AvgIpc) is 3.12. The van der Waals surface area contributed by atoms with Crippen LogP contribution in [0.25, 0.3) is 0 Å². The number of carbonyl (C=O) groups is 2. The summed E-state index contributed by atoms with van der Waals surface area (Å²) in [4.78, 5) is 22.1. The van der Waals surface area contributed by atoms with Gasteiger partial charge in [0.05, 0.1) is 10.7 Å². The molecule has 2 saturated carbocycles. The van der Waals surface area contributed by atoms with E-state index in [0.717, 1.165) is 6.20 Å². The van der Waals surface area contributed by atoms with Gasteiger partial charge < -0.3 is 5.73 Å². The van der Waals surface area contributed by atoms with Crippen LogP contribution in [0.4, 0.5) is 0 Å². The summed E-state index contributed by atoms with van der Waals surface area (Å²) >= 11 is 0. The van der Waals surface area contributed by atoms with Crippen LogP contribution in [0.1, 0.15) is 25.7 Å². The van der Waals surface area contributed by atoms with Crippen molar-refractivity contribution in [3.63, 3.8) is 0 Å². The van der Waals surface area contributed by atoms with Gasteiger partial charge in [-0.05, 0) is 25.7 Å². The first-order valence-corrected chi connectivity index (χ1v) is 6.94. The Morgan fingerprint density at radius 2 is 1.94 bits per heavy atom. The second-order valence-corrected chi connectivity index (χ2v) is 6.52. The molecule has 1 amide bonds. The zero-order valence-corrected chi connectivity index (χ0v) is 10.00. The predicted molar refractivity (Wildman–Crippen MR) is 60.1 cm³/mol. The van der Waals surface area contributed by atoms with E-state index < -0.39 is 21.3 Å². The highest BCUT2D eigenvalue weighted by atomic mass is 32.2. The number of aldehydes is 1. The molecule has 0 aromatic carbocycles. The molecule has 0 unspecified atom stereocenters. The summed E-state index contributed by atoms with van der Waals surface area (Å²) in [5.74, 6) is -0.582. The van der Waals surface area contributed by atoms with Crippen LogP contribution in [0.3, 0.4) is 0 Å². The minimum atomic E-state index is -3.39. The zero-order valence-electron chi connectivity index (χ0n) is 9.18. The molecule has 17 heavy (non-hydrogen) atoms. The van der Waals surface area contributed by atoms with Gasteiger partial charge in [0.2, 0.25) is 15.9 Å². The Labute approximate surface area is 99.3 Å². The van der Waals surface area contributed by atoms with Crippen molar-refractivity contribution in [1.29, 1.82) is 0 Å². The Morgan fingerprint density at radius 1 is 1.35 bits per heavy atom. The number of carbonyl (C=O) groups excluding carboxylic acids is 2. The first-order valence-electron chi connectivity index (χ1n) is 5.39. The van der Waals surface area contributed by atoms with Gasteiger partial charge in [-0.3, -0.25) is 14.3 Å². The topological polar surface area (TPSA) is 106 Å². The third-order valence-corrected chi connectivity index (χ3v) is 5.04. The zero-order chi connectivity index (χ0) is 12.7. The Morgan fingerprint density at radius 3 is 2.29 bits per heavy atom. The lowest BCUT2D eigenvalue weighted by molar-refractivity contribution is -0.122. The molecule has 0 heterocycles. The van der Waals surface area contributed by atoms with Gasteiger partial charge in [-0.2, -0.15) is 0 Å². The second-order valence-electron chi connectivity index (χ2n) is 4.53. The predicted octanol–water partition coefficient (Wildman–Crippen LogP) is -0.584. The molecule has 94 valence electrons. The van der Waals surface area contributed by atoms with Crippen molar-refractivity contribution in [1.82, 2.24) is 4.72 Å². The summed E-state index contributed by atoms with van der Waals surface area (Å²) in [6.07, 6.45) is 3.88. The lowest BCUT2D eigenvalue weighted by atomic mass is 9.97. The van der Waals surface area contributed by atoms with E-state index in [4.69, 9.17) is 5.73 Å². The van der Waals surface area contributed by atoms with Crippen LogP contribution in [0.5, 0.6) is 0 Å². The van der Waals surface area contributed by atoms with Crippen molar-refractivity contribution in [2.24, 2.45) is 11.1 Å². The molecule has 0 bridgehead atoms. The minimum Gasteiger partial charge on any atom is -0.369 e. The van der Waals surface area contributed by atoms with E-state index >= 15 is 0 Å². The Hall–Kier alpha value is -1.37. The number of rotatable bonds is 6. The number of nitrogens with two attached hydrogens (primary N) is 1. The summed E-state index contributed by atoms with van der Waals surface area (Å²) in [5, 5.41) is -0.365. The Bertz CT molecular complexity index is 486. The third kappa shape index (κ3) is 2.19. The van der Waals surface area contributed by atoms with Crippen LogP contribution in [-0.4, -0.2) is 25.9 Å². The molecule has 0 aliphatic heterocycles. The van der Waals surface area contributed by atoms with Gasteiger partial charge in [0, 0.05) is 11.8 Å². The maximum Gasteiger partial charge on any atom is 0.235 e. The normalized spacial score (nSPS) is 22.9. The van der Waals surface area contributed by atoms with Gasteiger partial charge in [-0.1, -0.05) is 0 Å². The van der Waals surface area contributed by atoms with Gasteiger partial charge in [-0.15, -0.1) is 0 Å². The van der Waals surface area contributed by atoms with Gasteiger partial charge in [-0.25, -0.2) is 8.42 Å². The molecule has 0 spiro atoms. The fraction of sp³-hybridized carbons (Fsp3) is 0.600. The molecule has 7 heteroatoms. The number of hydrogen-bond acceptors (Lipinski definition) is 4. The van der Waals surface area contributed by atoms with E-state index in [9.17, 15) is 18.0 Å². The molecule has 0 aromatic heterocycles. The maximum atomic E-state index is 11.5. The molecule has 0 radical (unpaired) electrons. The van der Waals surface area contributed by atoms with Crippen molar-refractivity contribution >= 4 is 22.2 Å². The van der Waals surface area contributed by atoms with Crippen LogP contribution in [0.2, 0.25) is 0 Å². The molecule has 3 N–H and O–H groups in total. The van der Waals surface area contributed by atoms with Crippen LogP contribution in [0, 0.1) is 5.41 Å².